The first kappa shape index (κ1) is 19.0. The number of nitrogens with two attached hydrogens (primary N) is 1. The maximum Gasteiger partial charge on any atom is 0.313 e. The maximum atomic E-state index is 12.0. The second kappa shape index (κ2) is 7.70. The van der Waals surface area contributed by atoms with Gasteiger partial charge < -0.3 is 15.2 Å². The normalized spacial score (nSPS) is 12.6. The van der Waals surface area contributed by atoms with Crippen LogP contribution in [0.1, 0.15) is 42.1 Å². The molecule has 0 fully saturated rings. The maximum absolute atomic E-state index is 12.0. The fourth-order valence-electron chi connectivity index (χ4n) is 2.93. The summed E-state index contributed by atoms with van der Waals surface area (Å²) in [6, 6.07) is 13.6. The molecule has 0 saturated carbocycles. The second-order valence-electron chi connectivity index (χ2n) is 6.95. The van der Waals surface area contributed by atoms with Crippen LogP contribution < -0.4 is 10.5 Å². The molecule has 0 aromatic heterocycles. The first-order valence-corrected chi connectivity index (χ1v) is 8.39. The Morgan fingerprint density at radius 2 is 1.68 bits per heavy atom. The summed E-state index contributed by atoms with van der Waals surface area (Å²) in [6.07, 6.45) is 0. The largest absolute Gasteiger partial charge is 0.488 e. The van der Waals surface area contributed by atoms with Crippen molar-refractivity contribution in [2.24, 2.45) is 11.1 Å². The number of carbonyl (C=O) groups is 1. The molecule has 0 saturated heterocycles. The van der Waals surface area contributed by atoms with Gasteiger partial charge in [0.1, 0.15) is 12.4 Å². The minimum atomic E-state index is -0.806. The van der Waals surface area contributed by atoms with Crippen molar-refractivity contribution in [3.8, 4) is 5.75 Å². The molecule has 2 N–H and O–H groups in total. The average Bonchev–Trinajstić information content (AvgIpc) is 2.60. The van der Waals surface area contributed by atoms with Crippen molar-refractivity contribution >= 4 is 5.97 Å². The minimum absolute atomic E-state index is 0.320. The molecule has 0 heterocycles. The molecule has 2 aromatic rings. The monoisotopic (exact) mass is 341 g/mol. The molecule has 2 aromatic carbocycles. The molecular weight excluding hydrogens is 314 g/mol. The third-order valence-electron chi connectivity index (χ3n) is 4.56. The number of methoxy groups -OCH3 is 1. The molecular formula is C21H27NO3. The van der Waals surface area contributed by atoms with E-state index < -0.39 is 11.5 Å². The van der Waals surface area contributed by atoms with Crippen LogP contribution in [0, 0.1) is 19.3 Å². The number of ether oxygens (including phenoxy) is 2. The van der Waals surface area contributed by atoms with Crippen LogP contribution in [-0.4, -0.2) is 13.1 Å². The van der Waals surface area contributed by atoms with E-state index in [0.717, 1.165) is 28.0 Å². The van der Waals surface area contributed by atoms with Crippen LogP contribution in [0.4, 0.5) is 0 Å². The van der Waals surface area contributed by atoms with Crippen molar-refractivity contribution in [1.82, 2.24) is 0 Å². The lowest BCUT2D eigenvalue weighted by molar-refractivity contribution is -0.152. The second-order valence-corrected chi connectivity index (χ2v) is 6.95. The van der Waals surface area contributed by atoms with E-state index in [0.29, 0.717) is 6.61 Å². The zero-order chi connectivity index (χ0) is 18.6. The summed E-state index contributed by atoms with van der Waals surface area (Å²) in [4.78, 5) is 12.0. The molecule has 1 atom stereocenters. The van der Waals surface area contributed by atoms with Crippen LogP contribution >= 0.6 is 0 Å². The van der Waals surface area contributed by atoms with Gasteiger partial charge in [-0.2, -0.15) is 0 Å². The number of esters is 1. The lowest BCUT2D eigenvalue weighted by Gasteiger charge is -2.29. The highest BCUT2D eigenvalue weighted by Gasteiger charge is 2.37. The lowest BCUT2D eigenvalue weighted by Crippen LogP contribution is -2.37. The summed E-state index contributed by atoms with van der Waals surface area (Å²) >= 11 is 0. The van der Waals surface area contributed by atoms with Gasteiger partial charge in [0.15, 0.2) is 0 Å². The molecule has 0 amide bonds. The van der Waals surface area contributed by atoms with E-state index >= 15 is 0 Å². The summed E-state index contributed by atoms with van der Waals surface area (Å²) in [5.74, 6) is 0.537. The number of aryl methyl sites for hydroxylation is 2. The lowest BCUT2D eigenvalue weighted by atomic mass is 9.80. The standard InChI is InChI=1S/C21H27NO3/c1-14-11-17(19(22)21(3,4)20(23)24-5)12-15(2)18(14)25-13-16-9-7-6-8-10-16/h6-12,19H,13,22H2,1-5H3/t19-/m1/s1. The molecule has 0 spiro atoms. The molecule has 0 aliphatic heterocycles. The smallest absolute Gasteiger partial charge is 0.313 e. The first-order chi connectivity index (χ1) is 11.8. The van der Waals surface area contributed by atoms with Crippen LogP contribution in [0.5, 0.6) is 5.75 Å². The molecule has 0 bridgehead atoms. The van der Waals surface area contributed by atoms with Gasteiger partial charge in [-0.05, 0) is 49.9 Å². The Balaban J connectivity index is 2.23. The molecule has 4 heteroatoms. The van der Waals surface area contributed by atoms with E-state index in [1.54, 1.807) is 13.8 Å². The summed E-state index contributed by atoms with van der Waals surface area (Å²) in [5.41, 5.74) is 9.58. The van der Waals surface area contributed by atoms with Gasteiger partial charge in [0, 0.05) is 6.04 Å². The third-order valence-corrected chi connectivity index (χ3v) is 4.56. The molecule has 0 aliphatic carbocycles. The SMILES string of the molecule is COC(=O)C(C)(C)[C@H](N)c1cc(C)c(OCc2ccccc2)c(C)c1. The zero-order valence-electron chi connectivity index (χ0n) is 15.6. The van der Waals surface area contributed by atoms with Gasteiger partial charge in [0.25, 0.3) is 0 Å². The van der Waals surface area contributed by atoms with Crippen molar-refractivity contribution in [1.29, 1.82) is 0 Å². The van der Waals surface area contributed by atoms with Gasteiger partial charge in [-0.1, -0.05) is 42.5 Å². The van der Waals surface area contributed by atoms with Crippen LogP contribution in [0.3, 0.4) is 0 Å². The Kier molecular flexibility index (Phi) is 5.85. The molecule has 0 radical (unpaired) electrons. The van der Waals surface area contributed by atoms with Crippen molar-refractivity contribution < 1.29 is 14.3 Å². The van der Waals surface area contributed by atoms with Gasteiger partial charge in [-0.15, -0.1) is 0 Å². The highest BCUT2D eigenvalue weighted by atomic mass is 16.5. The van der Waals surface area contributed by atoms with E-state index in [-0.39, 0.29) is 5.97 Å². The van der Waals surface area contributed by atoms with Gasteiger partial charge in [-0.25, -0.2) is 0 Å². The zero-order valence-corrected chi connectivity index (χ0v) is 15.6. The highest BCUT2D eigenvalue weighted by Crippen LogP contribution is 2.36. The number of carbonyl (C=O) groups excluding carboxylic acids is 1. The van der Waals surface area contributed by atoms with Crippen molar-refractivity contribution in [2.45, 2.75) is 40.3 Å². The quantitative estimate of drug-likeness (QED) is 0.804. The topological polar surface area (TPSA) is 61.5 Å². The molecule has 0 aliphatic rings. The van der Waals surface area contributed by atoms with E-state index in [1.807, 2.05) is 56.3 Å². The summed E-state index contributed by atoms with van der Waals surface area (Å²) in [5, 5.41) is 0. The molecule has 25 heavy (non-hydrogen) atoms. The van der Waals surface area contributed by atoms with Gasteiger partial charge in [0.05, 0.1) is 12.5 Å². The van der Waals surface area contributed by atoms with Gasteiger partial charge in [0.2, 0.25) is 0 Å². The van der Waals surface area contributed by atoms with E-state index in [1.165, 1.54) is 7.11 Å². The van der Waals surface area contributed by atoms with E-state index in [2.05, 4.69) is 0 Å². The Morgan fingerprint density at radius 3 is 2.20 bits per heavy atom. The summed E-state index contributed by atoms with van der Waals surface area (Å²) in [7, 11) is 1.38. The fraction of sp³-hybridized carbons (Fsp3) is 0.381. The minimum Gasteiger partial charge on any atom is -0.488 e. The number of benzene rings is 2. The van der Waals surface area contributed by atoms with Crippen LogP contribution in [-0.2, 0) is 16.1 Å². The van der Waals surface area contributed by atoms with Gasteiger partial charge >= 0.3 is 5.97 Å². The molecule has 2 rings (SSSR count). The van der Waals surface area contributed by atoms with Crippen LogP contribution in [0.25, 0.3) is 0 Å². The highest BCUT2D eigenvalue weighted by molar-refractivity contribution is 5.77. The Morgan fingerprint density at radius 1 is 1.12 bits per heavy atom. The van der Waals surface area contributed by atoms with Crippen molar-refractivity contribution in [2.75, 3.05) is 7.11 Å². The van der Waals surface area contributed by atoms with Crippen molar-refractivity contribution in [3.63, 3.8) is 0 Å². The number of rotatable bonds is 6. The Labute approximate surface area is 150 Å². The predicted molar refractivity (Wildman–Crippen MR) is 99.4 cm³/mol. The average molecular weight is 341 g/mol. The van der Waals surface area contributed by atoms with E-state index in [4.69, 9.17) is 15.2 Å². The van der Waals surface area contributed by atoms with Gasteiger partial charge in [-0.3, -0.25) is 4.79 Å². The predicted octanol–water partition coefficient (Wildman–Crippen LogP) is 4.08. The number of hydrogen-bond acceptors (Lipinski definition) is 4. The molecule has 0 unspecified atom stereocenters. The third kappa shape index (κ3) is 4.20. The van der Waals surface area contributed by atoms with Crippen LogP contribution in [0.15, 0.2) is 42.5 Å². The summed E-state index contributed by atoms with van der Waals surface area (Å²) in [6.45, 7) is 8.10. The Bertz CT molecular complexity index is 715. The van der Waals surface area contributed by atoms with E-state index in [9.17, 15) is 4.79 Å². The Hall–Kier alpha value is -2.33. The van der Waals surface area contributed by atoms with Crippen molar-refractivity contribution in [3.05, 3.63) is 64.7 Å². The number of hydrogen-bond donors (Lipinski definition) is 1. The summed E-state index contributed by atoms with van der Waals surface area (Å²) < 4.78 is 10.9. The molecule has 134 valence electrons. The first-order valence-electron chi connectivity index (χ1n) is 8.39. The molecule has 4 nitrogen and oxygen atoms in total. The van der Waals surface area contributed by atoms with Crippen LogP contribution in [0.2, 0.25) is 0 Å². The fourth-order valence-corrected chi connectivity index (χ4v) is 2.93.